The minimum absolute atomic E-state index is 0.150. The lowest BCUT2D eigenvalue weighted by Crippen LogP contribution is -2.17. The molecule has 2 aromatic rings. The number of hydrogen-bond acceptors (Lipinski definition) is 6. The van der Waals surface area contributed by atoms with Crippen molar-refractivity contribution in [1.29, 1.82) is 0 Å². The van der Waals surface area contributed by atoms with Gasteiger partial charge in [-0.3, -0.25) is 19.2 Å². The largest absolute Gasteiger partial charge is 0.466 e. The Balaban J connectivity index is 1.73. The number of rotatable bonds is 13. The van der Waals surface area contributed by atoms with Gasteiger partial charge in [0.1, 0.15) is 0 Å². The zero-order valence-corrected chi connectivity index (χ0v) is 28.8. The van der Waals surface area contributed by atoms with Gasteiger partial charge in [0.15, 0.2) is 0 Å². The fraction of sp³-hybridized carbons (Fsp3) is 0.432. The van der Waals surface area contributed by atoms with Gasteiger partial charge in [-0.05, 0) is 91.2 Å². The van der Waals surface area contributed by atoms with Crippen molar-refractivity contribution in [3.05, 3.63) is 72.3 Å². The van der Waals surface area contributed by atoms with Gasteiger partial charge < -0.3 is 24.8 Å². The van der Waals surface area contributed by atoms with Crippen LogP contribution < -0.4 is 16.0 Å². The lowest BCUT2D eigenvalue weighted by atomic mass is 10.0. The van der Waals surface area contributed by atoms with Gasteiger partial charge in [0.2, 0.25) is 0 Å². The van der Waals surface area contributed by atoms with Gasteiger partial charge in [-0.15, -0.1) is 0 Å². The van der Waals surface area contributed by atoms with Crippen LogP contribution in [0.2, 0.25) is 0 Å². The lowest BCUT2D eigenvalue weighted by Gasteiger charge is -2.05. The standard InChI is InChI=1S/C37H46N4O6/c1-9-24-20(5)30(17-34-26(11-3)28(36(44)40-34)13-15-46-22(7)42)38-32(24)19-33-25(10-2)21(6)31(39-33)18-35-27(12-4)29(37(45)41-35)14-16-47-23(8)43/h17-19,38-39H,9-16H2,1-8H3,(H,40,44)/b31-18+,33-19+,34-17+. The molecule has 2 aromatic heterocycles. The number of hydrogen-bond donors (Lipinski definition) is 3. The maximum absolute atomic E-state index is 12.8. The second-order valence-corrected chi connectivity index (χ2v) is 11.7. The summed E-state index contributed by atoms with van der Waals surface area (Å²) in [5.41, 5.74) is 10.9. The first-order valence-corrected chi connectivity index (χ1v) is 16.4. The van der Waals surface area contributed by atoms with Crippen LogP contribution in [-0.4, -0.2) is 52.6 Å². The van der Waals surface area contributed by atoms with Crippen molar-refractivity contribution in [3.8, 4) is 0 Å². The summed E-state index contributed by atoms with van der Waals surface area (Å²) in [6.45, 7) is 15.4. The van der Waals surface area contributed by atoms with Crippen molar-refractivity contribution in [1.82, 2.24) is 15.3 Å². The first-order chi connectivity index (χ1) is 22.4. The van der Waals surface area contributed by atoms with E-state index in [0.717, 1.165) is 62.9 Å². The van der Waals surface area contributed by atoms with Crippen LogP contribution in [0.1, 0.15) is 101 Å². The van der Waals surface area contributed by atoms with E-state index >= 15 is 0 Å². The van der Waals surface area contributed by atoms with E-state index in [0.29, 0.717) is 42.5 Å². The predicted octanol–water partition coefficient (Wildman–Crippen LogP) is 4.47. The highest BCUT2D eigenvalue weighted by molar-refractivity contribution is 6.31. The minimum Gasteiger partial charge on any atom is -0.466 e. The number of aromatic amines is 2. The molecule has 0 radical (unpaired) electrons. The molecule has 4 heterocycles. The Morgan fingerprint density at radius 2 is 1.30 bits per heavy atom. The number of allylic oxidation sites excluding steroid dienone is 2. The highest BCUT2D eigenvalue weighted by Gasteiger charge is 2.27. The molecule has 10 nitrogen and oxygen atoms in total. The number of nitrogens with one attached hydrogen (secondary N) is 3. The van der Waals surface area contributed by atoms with Gasteiger partial charge in [0, 0.05) is 65.6 Å². The van der Waals surface area contributed by atoms with Crippen molar-refractivity contribution in [2.24, 2.45) is 4.99 Å². The molecule has 0 aliphatic carbocycles. The van der Waals surface area contributed by atoms with E-state index < -0.39 is 0 Å². The SMILES string of the molecule is CCC1=C(CCOC(C)=O)C(=O)N=C1/C=c1/[nH]/c(=C/c2[nH]c(/C=C3/NC(=O)C(CCOC(C)=O)=C3CC)c(C)c2CC)c(CC)c1C. The van der Waals surface area contributed by atoms with Crippen molar-refractivity contribution >= 4 is 47.7 Å². The quantitative estimate of drug-likeness (QED) is 0.275. The number of carbonyl (C=O) groups excluding carboxylic acids is 4. The molecule has 0 aromatic carbocycles. The maximum Gasteiger partial charge on any atom is 0.302 e. The van der Waals surface area contributed by atoms with Crippen LogP contribution >= 0.6 is 0 Å². The van der Waals surface area contributed by atoms with Crippen LogP contribution in [0.5, 0.6) is 0 Å². The molecular weight excluding hydrogens is 596 g/mol. The Morgan fingerprint density at radius 3 is 1.87 bits per heavy atom. The molecule has 0 fully saturated rings. The van der Waals surface area contributed by atoms with Crippen LogP contribution in [0.15, 0.2) is 33.0 Å². The average Bonchev–Trinajstić information content (AvgIpc) is 3.69. The molecule has 10 heteroatoms. The number of aromatic nitrogens is 2. The highest BCUT2D eigenvalue weighted by Crippen LogP contribution is 2.30. The molecule has 4 rings (SSSR count). The molecule has 3 N–H and O–H groups in total. The number of nitrogens with zero attached hydrogens (tertiary/aromatic N) is 1. The van der Waals surface area contributed by atoms with E-state index in [1.54, 1.807) is 0 Å². The molecule has 47 heavy (non-hydrogen) atoms. The molecule has 0 saturated carbocycles. The summed E-state index contributed by atoms with van der Waals surface area (Å²) in [7, 11) is 0. The summed E-state index contributed by atoms with van der Waals surface area (Å²) in [5.74, 6) is -1.17. The molecule has 0 bridgehead atoms. The van der Waals surface area contributed by atoms with Crippen molar-refractivity contribution in [3.63, 3.8) is 0 Å². The van der Waals surface area contributed by atoms with E-state index in [-0.39, 0.29) is 37.0 Å². The first-order valence-electron chi connectivity index (χ1n) is 16.4. The second kappa shape index (κ2) is 15.2. The summed E-state index contributed by atoms with van der Waals surface area (Å²) in [5, 5.41) is 4.88. The zero-order chi connectivity index (χ0) is 34.4. The molecular formula is C37H46N4O6. The predicted molar refractivity (Wildman–Crippen MR) is 183 cm³/mol. The Hall–Kier alpha value is -4.73. The van der Waals surface area contributed by atoms with Crippen LogP contribution in [0.3, 0.4) is 0 Å². The molecule has 250 valence electrons. The summed E-state index contributed by atoms with van der Waals surface area (Å²) >= 11 is 0. The smallest absolute Gasteiger partial charge is 0.302 e. The van der Waals surface area contributed by atoms with Crippen molar-refractivity contribution < 1.29 is 28.7 Å². The first kappa shape index (κ1) is 35.1. The third kappa shape index (κ3) is 7.64. The van der Waals surface area contributed by atoms with E-state index in [4.69, 9.17) is 9.47 Å². The van der Waals surface area contributed by atoms with Crippen LogP contribution in [0.4, 0.5) is 0 Å². The van der Waals surface area contributed by atoms with Crippen LogP contribution in [-0.2, 0) is 41.5 Å². The Bertz CT molecular complexity index is 1860. The highest BCUT2D eigenvalue weighted by atomic mass is 16.5. The molecule has 0 atom stereocenters. The fourth-order valence-corrected chi connectivity index (χ4v) is 6.49. The third-order valence-corrected chi connectivity index (χ3v) is 8.85. The third-order valence-electron chi connectivity index (χ3n) is 8.85. The normalized spacial score (nSPS) is 16.6. The number of ether oxygens (including phenoxy) is 2. The van der Waals surface area contributed by atoms with Crippen molar-refractivity contribution in [2.75, 3.05) is 13.2 Å². The molecule has 2 aliphatic rings. The Kier molecular flexibility index (Phi) is 11.4. The number of amides is 2. The van der Waals surface area contributed by atoms with E-state index in [9.17, 15) is 19.2 Å². The molecule has 2 aliphatic heterocycles. The van der Waals surface area contributed by atoms with E-state index in [1.165, 1.54) is 25.0 Å². The van der Waals surface area contributed by atoms with Gasteiger partial charge in [-0.25, -0.2) is 4.99 Å². The summed E-state index contributed by atoms with van der Waals surface area (Å²) < 4.78 is 10.2. The fourth-order valence-electron chi connectivity index (χ4n) is 6.49. The molecule has 0 unspecified atom stereocenters. The number of H-pyrrole nitrogens is 2. The molecule has 2 amide bonds. The molecule has 0 spiro atoms. The Morgan fingerprint density at radius 1 is 0.681 bits per heavy atom. The maximum atomic E-state index is 12.8. The zero-order valence-electron chi connectivity index (χ0n) is 28.8. The topological polar surface area (TPSA) is 143 Å². The monoisotopic (exact) mass is 642 g/mol. The van der Waals surface area contributed by atoms with Gasteiger partial charge in [0.25, 0.3) is 11.8 Å². The van der Waals surface area contributed by atoms with Gasteiger partial charge in [-0.1, -0.05) is 27.7 Å². The minimum atomic E-state index is -0.373. The van der Waals surface area contributed by atoms with Crippen LogP contribution in [0, 0.1) is 13.8 Å². The second-order valence-electron chi connectivity index (χ2n) is 11.7. The van der Waals surface area contributed by atoms with Crippen molar-refractivity contribution in [2.45, 2.75) is 93.9 Å². The molecule has 0 saturated heterocycles. The summed E-state index contributed by atoms with van der Waals surface area (Å²) in [6, 6.07) is 0. The lowest BCUT2D eigenvalue weighted by molar-refractivity contribution is -0.141. The summed E-state index contributed by atoms with van der Waals surface area (Å²) in [4.78, 5) is 59.6. The number of carbonyl (C=O) groups is 4. The van der Waals surface area contributed by atoms with Crippen LogP contribution in [0.25, 0.3) is 18.2 Å². The van der Waals surface area contributed by atoms with E-state index in [1.807, 2.05) is 26.0 Å². The Labute approximate surface area is 275 Å². The number of esters is 2. The summed E-state index contributed by atoms with van der Waals surface area (Å²) in [6.07, 6.45) is 9.70. The average molecular weight is 643 g/mol. The van der Waals surface area contributed by atoms with Gasteiger partial charge >= 0.3 is 11.9 Å². The van der Waals surface area contributed by atoms with Gasteiger partial charge in [-0.2, -0.15) is 0 Å². The van der Waals surface area contributed by atoms with Gasteiger partial charge in [0.05, 0.1) is 18.9 Å². The van der Waals surface area contributed by atoms with E-state index in [2.05, 4.69) is 54.0 Å². The number of aliphatic imine (C=N–C) groups is 1.